The predicted octanol–water partition coefficient (Wildman–Crippen LogP) is 3.66. The van der Waals surface area contributed by atoms with Crippen molar-refractivity contribution in [2.45, 2.75) is 26.7 Å². The summed E-state index contributed by atoms with van der Waals surface area (Å²) in [4.78, 5) is 16.6. The Labute approximate surface area is 136 Å². The molecule has 0 aliphatic carbocycles. The minimum absolute atomic E-state index is 0.195. The highest BCUT2D eigenvalue weighted by Crippen LogP contribution is 2.22. The number of anilines is 1. The van der Waals surface area contributed by atoms with Gasteiger partial charge in [-0.2, -0.15) is 0 Å². The van der Waals surface area contributed by atoms with Gasteiger partial charge >= 0.3 is 0 Å². The van der Waals surface area contributed by atoms with Crippen LogP contribution in [0.4, 0.5) is 5.95 Å². The van der Waals surface area contributed by atoms with Crippen LogP contribution in [0.2, 0.25) is 5.02 Å². The molecule has 0 aliphatic heterocycles. The summed E-state index contributed by atoms with van der Waals surface area (Å²) in [5.41, 5.74) is 2.11. The summed E-state index contributed by atoms with van der Waals surface area (Å²) in [6, 6.07) is 5.00. The van der Waals surface area contributed by atoms with Gasteiger partial charge in [-0.25, -0.2) is 4.98 Å². The van der Waals surface area contributed by atoms with Crippen molar-refractivity contribution in [1.29, 1.82) is 0 Å². The Morgan fingerprint density at radius 1 is 1.24 bits per heavy atom. The van der Waals surface area contributed by atoms with E-state index in [4.69, 9.17) is 11.6 Å². The molecule has 1 aromatic carbocycles. The molecule has 1 aromatic heterocycles. The van der Waals surface area contributed by atoms with E-state index < -0.39 is 0 Å². The van der Waals surface area contributed by atoms with Crippen LogP contribution in [0, 0.1) is 0 Å². The fourth-order valence-electron chi connectivity index (χ4n) is 1.83. The maximum Gasteiger partial charge on any atom is 0.259 e. The van der Waals surface area contributed by atoms with E-state index in [0.29, 0.717) is 15.1 Å². The summed E-state index contributed by atoms with van der Waals surface area (Å²) in [5.74, 6) is -0.140. The van der Waals surface area contributed by atoms with Crippen LogP contribution < -0.4 is 5.32 Å². The molecule has 1 N–H and O–H groups in total. The molecule has 2 rings (SSSR count). The van der Waals surface area contributed by atoms with Gasteiger partial charge in [-0.1, -0.05) is 25.4 Å². The van der Waals surface area contributed by atoms with Crippen LogP contribution in [0.5, 0.6) is 0 Å². The Bertz CT molecular complexity index is 678. The molecule has 2 aromatic rings. The van der Waals surface area contributed by atoms with Crippen LogP contribution in [-0.2, 0) is 12.8 Å². The molecular weight excluding hydrogens is 356 g/mol. The lowest BCUT2D eigenvalue weighted by Gasteiger charge is -2.08. The summed E-state index contributed by atoms with van der Waals surface area (Å²) < 4.78 is 0.651. The quantitative estimate of drug-likeness (QED) is 0.893. The summed E-state index contributed by atoms with van der Waals surface area (Å²) in [6.45, 7) is 3.98. The zero-order valence-electron chi connectivity index (χ0n) is 11.7. The van der Waals surface area contributed by atoms with Crippen molar-refractivity contribution in [3.05, 3.63) is 44.6 Å². The van der Waals surface area contributed by atoms with Crippen molar-refractivity contribution < 1.29 is 4.79 Å². The lowest BCUT2D eigenvalue weighted by molar-refractivity contribution is 0.102. The molecule has 1 amide bonds. The summed E-state index contributed by atoms with van der Waals surface area (Å²) in [7, 11) is 0. The molecule has 0 aliphatic rings. The van der Waals surface area contributed by atoms with E-state index in [9.17, 15) is 4.79 Å². The molecule has 110 valence electrons. The second kappa shape index (κ2) is 6.95. The Morgan fingerprint density at radius 2 is 1.95 bits per heavy atom. The van der Waals surface area contributed by atoms with Crippen molar-refractivity contribution in [2.75, 3.05) is 5.32 Å². The summed E-state index contributed by atoms with van der Waals surface area (Å²) in [6.07, 6.45) is 1.50. The third kappa shape index (κ3) is 3.77. The lowest BCUT2D eigenvalue weighted by Crippen LogP contribution is -2.17. The molecule has 5 nitrogen and oxygen atoms in total. The van der Waals surface area contributed by atoms with Crippen LogP contribution in [0.15, 0.2) is 22.7 Å². The fourth-order valence-corrected chi connectivity index (χ4v) is 2.43. The number of aromatic nitrogens is 3. The van der Waals surface area contributed by atoms with Gasteiger partial charge in [0.1, 0.15) is 0 Å². The first-order chi connectivity index (χ1) is 10.0. The number of nitrogens with zero attached hydrogens (tertiary/aromatic N) is 3. The van der Waals surface area contributed by atoms with E-state index in [1.54, 1.807) is 18.2 Å². The normalized spacial score (nSPS) is 10.5. The second-order valence-corrected chi connectivity index (χ2v) is 5.60. The Balaban J connectivity index is 2.25. The lowest BCUT2D eigenvalue weighted by atomic mass is 10.2. The fraction of sp³-hybridized carbons (Fsp3) is 0.286. The van der Waals surface area contributed by atoms with Crippen molar-refractivity contribution >= 4 is 39.4 Å². The van der Waals surface area contributed by atoms with Crippen LogP contribution in [-0.4, -0.2) is 21.1 Å². The van der Waals surface area contributed by atoms with Gasteiger partial charge in [-0.05, 0) is 47.0 Å². The van der Waals surface area contributed by atoms with Crippen molar-refractivity contribution in [1.82, 2.24) is 15.2 Å². The SMILES string of the molecule is CCc1nnc(NC(=O)c2cc(Cl)ccc2Br)nc1CC. The van der Waals surface area contributed by atoms with E-state index >= 15 is 0 Å². The standard InChI is InChI=1S/C14H14BrClN4O/c1-3-11-12(4-2)19-20-14(17-11)18-13(21)9-7-8(16)5-6-10(9)15/h5-7H,3-4H2,1-2H3,(H,17,18,20,21). The number of aryl methyl sites for hydroxylation is 2. The number of hydrogen-bond acceptors (Lipinski definition) is 4. The molecule has 0 saturated heterocycles. The highest BCUT2D eigenvalue weighted by atomic mass is 79.9. The number of carbonyl (C=O) groups is 1. The zero-order chi connectivity index (χ0) is 15.4. The number of halogens is 2. The van der Waals surface area contributed by atoms with Gasteiger partial charge in [0.2, 0.25) is 5.95 Å². The number of benzene rings is 1. The molecule has 0 fully saturated rings. The average Bonchev–Trinajstić information content (AvgIpc) is 2.49. The Hall–Kier alpha value is -1.53. The molecule has 0 unspecified atom stereocenters. The van der Waals surface area contributed by atoms with Crippen LogP contribution >= 0.6 is 27.5 Å². The summed E-state index contributed by atoms with van der Waals surface area (Å²) in [5, 5.41) is 11.1. The molecule has 21 heavy (non-hydrogen) atoms. The van der Waals surface area contributed by atoms with Crippen molar-refractivity contribution in [2.24, 2.45) is 0 Å². The maximum atomic E-state index is 12.2. The minimum Gasteiger partial charge on any atom is -0.289 e. The Morgan fingerprint density at radius 3 is 2.62 bits per heavy atom. The molecule has 1 heterocycles. The monoisotopic (exact) mass is 368 g/mol. The number of rotatable bonds is 4. The zero-order valence-corrected chi connectivity index (χ0v) is 14.0. The molecule has 0 radical (unpaired) electrons. The Kier molecular flexibility index (Phi) is 5.25. The second-order valence-electron chi connectivity index (χ2n) is 4.31. The molecule has 0 atom stereocenters. The highest BCUT2D eigenvalue weighted by molar-refractivity contribution is 9.10. The van der Waals surface area contributed by atoms with Gasteiger partial charge < -0.3 is 0 Å². The smallest absolute Gasteiger partial charge is 0.259 e. The molecule has 0 spiro atoms. The average molecular weight is 370 g/mol. The third-order valence-electron chi connectivity index (χ3n) is 2.91. The first-order valence-electron chi connectivity index (χ1n) is 6.54. The number of carbonyl (C=O) groups excluding carboxylic acids is 1. The summed E-state index contributed by atoms with van der Waals surface area (Å²) >= 11 is 9.23. The van der Waals surface area contributed by atoms with Gasteiger partial charge in [0.25, 0.3) is 5.91 Å². The van der Waals surface area contributed by atoms with Crippen LogP contribution in [0.1, 0.15) is 35.6 Å². The van der Waals surface area contributed by atoms with E-state index in [0.717, 1.165) is 24.2 Å². The first-order valence-corrected chi connectivity index (χ1v) is 7.71. The molecule has 0 saturated carbocycles. The number of nitrogens with one attached hydrogen (secondary N) is 1. The highest BCUT2D eigenvalue weighted by Gasteiger charge is 2.14. The molecule has 0 bridgehead atoms. The first kappa shape index (κ1) is 15.9. The number of hydrogen-bond donors (Lipinski definition) is 1. The van der Waals surface area contributed by atoms with Crippen molar-refractivity contribution in [3.63, 3.8) is 0 Å². The third-order valence-corrected chi connectivity index (χ3v) is 3.83. The topological polar surface area (TPSA) is 67.8 Å². The van der Waals surface area contributed by atoms with Gasteiger partial charge in [0.05, 0.1) is 17.0 Å². The van der Waals surface area contributed by atoms with Gasteiger partial charge in [0, 0.05) is 9.50 Å². The van der Waals surface area contributed by atoms with E-state index in [2.05, 4.69) is 36.4 Å². The maximum absolute atomic E-state index is 12.2. The predicted molar refractivity (Wildman–Crippen MR) is 85.7 cm³/mol. The molecular formula is C14H14BrClN4O. The van der Waals surface area contributed by atoms with E-state index in [1.807, 2.05) is 13.8 Å². The van der Waals surface area contributed by atoms with E-state index in [-0.39, 0.29) is 11.9 Å². The largest absolute Gasteiger partial charge is 0.289 e. The van der Waals surface area contributed by atoms with Gasteiger partial charge in [-0.3, -0.25) is 10.1 Å². The van der Waals surface area contributed by atoms with Crippen molar-refractivity contribution in [3.8, 4) is 0 Å². The van der Waals surface area contributed by atoms with Gasteiger partial charge in [-0.15, -0.1) is 10.2 Å². The van der Waals surface area contributed by atoms with Crippen LogP contribution in [0.25, 0.3) is 0 Å². The minimum atomic E-state index is -0.336. The molecule has 7 heteroatoms. The van der Waals surface area contributed by atoms with Crippen LogP contribution in [0.3, 0.4) is 0 Å². The van der Waals surface area contributed by atoms with Gasteiger partial charge in [0.15, 0.2) is 0 Å². The number of amides is 1. The van der Waals surface area contributed by atoms with E-state index in [1.165, 1.54) is 0 Å².